The number of phenols is 1. The molecule has 0 unspecified atom stereocenters. The van der Waals surface area contributed by atoms with Gasteiger partial charge in [-0.25, -0.2) is 0 Å². The molecule has 0 aliphatic rings. The molecule has 0 aliphatic heterocycles. The first kappa shape index (κ1) is 14.6. The van der Waals surface area contributed by atoms with E-state index in [4.69, 9.17) is 4.74 Å². The minimum atomic E-state index is 0.0318. The van der Waals surface area contributed by atoms with Gasteiger partial charge in [-0.05, 0) is 42.4 Å². The summed E-state index contributed by atoms with van der Waals surface area (Å²) < 4.78 is 5.20. The second-order valence-corrected chi connectivity index (χ2v) is 5.22. The summed E-state index contributed by atoms with van der Waals surface area (Å²) in [5, 5.41) is 9.70. The average molecular weight is 248 g/mol. The summed E-state index contributed by atoms with van der Waals surface area (Å²) in [6.45, 7) is 6.53. The zero-order valence-corrected chi connectivity index (χ0v) is 11.9. The van der Waals surface area contributed by atoms with Gasteiger partial charge < -0.3 is 9.84 Å². The minimum absolute atomic E-state index is 0.0318. The van der Waals surface area contributed by atoms with Gasteiger partial charge in [0, 0.05) is 6.07 Å². The molecule has 1 N–H and O–H groups in total. The van der Waals surface area contributed by atoms with E-state index in [0.717, 1.165) is 24.8 Å². The highest BCUT2D eigenvalue weighted by Crippen LogP contribution is 2.33. The van der Waals surface area contributed by atoms with Gasteiger partial charge in [-0.15, -0.1) is 0 Å². The summed E-state index contributed by atoms with van der Waals surface area (Å²) in [5.74, 6) is 0.976. The predicted molar refractivity (Wildman–Crippen MR) is 76.3 cm³/mol. The summed E-state index contributed by atoms with van der Waals surface area (Å²) in [6.07, 6.45) is 7.61. The molecule has 2 nitrogen and oxygen atoms in total. The lowest BCUT2D eigenvalue weighted by Gasteiger charge is -2.25. The van der Waals surface area contributed by atoms with Gasteiger partial charge in [0.25, 0.3) is 0 Å². The largest absolute Gasteiger partial charge is 0.508 e. The van der Waals surface area contributed by atoms with Crippen molar-refractivity contribution in [3.8, 4) is 11.5 Å². The van der Waals surface area contributed by atoms with Crippen molar-refractivity contribution in [2.45, 2.75) is 45.4 Å². The zero-order chi connectivity index (χ0) is 13.6. The number of hydrogen-bond acceptors (Lipinski definition) is 2. The summed E-state index contributed by atoms with van der Waals surface area (Å²) >= 11 is 0. The van der Waals surface area contributed by atoms with Crippen molar-refractivity contribution in [2.24, 2.45) is 0 Å². The van der Waals surface area contributed by atoms with Gasteiger partial charge in [0.05, 0.1) is 7.11 Å². The SMILES string of the molecule is CC/C=C/CCC(C)(C)c1cc(O)cc(OC)c1. The molecule has 1 rings (SSSR count). The van der Waals surface area contributed by atoms with Gasteiger partial charge in [0.2, 0.25) is 0 Å². The lowest BCUT2D eigenvalue weighted by Crippen LogP contribution is -2.16. The Morgan fingerprint density at radius 2 is 1.94 bits per heavy atom. The van der Waals surface area contributed by atoms with E-state index in [9.17, 15) is 5.11 Å². The van der Waals surface area contributed by atoms with Crippen molar-refractivity contribution >= 4 is 0 Å². The standard InChI is InChI=1S/C16H24O2/c1-5-6-7-8-9-16(2,3)13-10-14(17)12-15(11-13)18-4/h6-7,10-12,17H,5,8-9H2,1-4H3/b7-6+. The Morgan fingerprint density at radius 3 is 2.56 bits per heavy atom. The summed E-state index contributed by atoms with van der Waals surface area (Å²) in [6, 6.07) is 5.46. The van der Waals surface area contributed by atoms with E-state index in [1.165, 1.54) is 0 Å². The summed E-state index contributed by atoms with van der Waals surface area (Å²) in [7, 11) is 1.62. The fourth-order valence-electron chi connectivity index (χ4n) is 1.96. The van der Waals surface area contributed by atoms with Crippen molar-refractivity contribution in [1.29, 1.82) is 0 Å². The lowest BCUT2D eigenvalue weighted by molar-refractivity contribution is 0.401. The number of methoxy groups -OCH3 is 1. The zero-order valence-electron chi connectivity index (χ0n) is 11.9. The van der Waals surface area contributed by atoms with Crippen LogP contribution in [0, 0.1) is 0 Å². The number of hydrogen-bond donors (Lipinski definition) is 1. The highest BCUT2D eigenvalue weighted by Gasteiger charge is 2.21. The molecule has 0 amide bonds. The van der Waals surface area contributed by atoms with E-state index in [1.807, 2.05) is 12.1 Å². The third-order valence-corrected chi connectivity index (χ3v) is 3.25. The number of allylic oxidation sites excluding steroid dienone is 2. The van der Waals surface area contributed by atoms with Crippen molar-refractivity contribution < 1.29 is 9.84 Å². The first-order valence-corrected chi connectivity index (χ1v) is 6.53. The van der Waals surface area contributed by atoms with Crippen molar-refractivity contribution in [3.63, 3.8) is 0 Å². The van der Waals surface area contributed by atoms with Crippen LogP contribution in [-0.4, -0.2) is 12.2 Å². The van der Waals surface area contributed by atoms with Gasteiger partial charge in [-0.3, -0.25) is 0 Å². The second-order valence-electron chi connectivity index (χ2n) is 5.22. The molecule has 0 aromatic heterocycles. The maximum absolute atomic E-state index is 9.70. The van der Waals surface area contributed by atoms with Crippen molar-refractivity contribution in [3.05, 3.63) is 35.9 Å². The van der Waals surface area contributed by atoms with Crippen molar-refractivity contribution in [1.82, 2.24) is 0 Å². The minimum Gasteiger partial charge on any atom is -0.508 e. The Bertz CT molecular complexity index is 406. The number of rotatable bonds is 6. The van der Waals surface area contributed by atoms with Crippen LogP contribution in [0.5, 0.6) is 11.5 Å². The first-order chi connectivity index (χ1) is 8.49. The molecular formula is C16H24O2. The summed E-state index contributed by atoms with van der Waals surface area (Å²) in [5.41, 5.74) is 1.15. The molecule has 2 heteroatoms. The van der Waals surface area contributed by atoms with E-state index in [2.05, 4.69) is 32.9 Å². The van der Waals surface area contributed by atoms with Crippen LogP contribution in [-0.2, 0) is 5.41 Å². The van der Waals surface area contributed by atoms with Gasteiger partial charge >= 0.3 is 0 Å². The van der Waals surface area contributed by atoms with Crippen LogP contribution in [0.1, 0.15) is 45.6 Å². The molecule has 0 atom stereocenters. The van der Waals surface area contributed by atoms with Gasteiger partial charge in [-0.1, -0.05) is 32.9 Å². The fourth-order valence-corrected chi connectivity index (χ4v) is 1.96. The number of aromatic hydroxyl groups is 1. The highest BCUT2D eigenvalue weighted by molar-refractivity contribution is 5.40. The van der Waals surface area contributed by atoms with E-state index < -0.39 is 0 Å². The smallest absolute Gasteiger partial charge is 0.122 e. The van der Waals surface area contributed by atoms with Crippen LogP contribution in [0.3, 0.4) is 0 Å². The molecule has 1 aromatic carbocycles. The van der Waals surface area contributed by atoms with Crippen LogP contribution in [0.15, 0.2) is 30.4 Å². The average Bonchev–Trinajstić information content (AvgIpc) is 2.34. The third kappa shape index (κ3) is 4.10. The van der Waals surface area contributed by atoms with Gasteiger partial charge in [0.1, 0.15) is 11.5 Å². The molecule has 0 spiro atoms. The number of benzene rings is 1. The van der Waals surface area contributed by atoms with E-state index in [-0.39, 0.29) is 11.2 Å². The Balaban J connectivity index is 2.83. The molecule has 0 heterocycles. The Morgan fingerprint density at radius 1 is 1.22 bits per heavy atom. The van der Waals surface area contributed by atoms with Crippen LogP contribution in [0.4, 0.5) is 0 Å². The van der Waals surface area contributed by atoms with E-state index >= 15 is 0 Å². The number of phenolic OH excluding ortho intramolecular Hbond substituents is 1. The monoisotopic (exact) mass is 248 g/mol. The Labute approximate surface area is 110 Å². The van der Waals surface area contributed by atoms with Crippen LogP contribution in [0.2, 0.25) is 0 Å². The second kappa shape index (κ2) is 6.48. The lowest BCUT2D eigenvalue weighted by atomic mass is 9.80. The van der Waals surface area contributed by atoms with Gasteiger partial charge in [0.15, 0.2) is 0 Å². The summed E-state index contributed by atoms with van der Waals surface area (Å²) in [4.78, 5) is 0. The molecule has 0 saturated heterocycles. The maximum Gasteiger partial charge on any atom is 0.122 e. The molecule has 100 valence electrons. The molecule has 1 aromatic rings. The number of ether oxygens (including phenoxy) is 1. The quantitative estimate of drug-likeness (QED) is 0.755. The molecule has 0 bridgehead atoms. The Hall–Kier alpha value is -1.44. The normalized spacial score (nSPS) is 12.0. The molecular weight excluding hydrogens is 224 g/mol. The molecule has 0 aliphatic carbocycles. The fraction of sp³-hybridized carbons (Fsp3) is 0.500. The highest BCUT2D eigenvalue weighted by atomic mass is 16.5. The van der Waals surface area contributed by atoms with Crippen LogP contribution < -0.4 is 4.74 Å². The predicted octanol–water partition coefficient (Wildman–Crippen LogP) is 4.42. The van der Waals surface area contributed by atoms with E-state index in [1.54, 1.807) is 13.2 Å². The first-order valence-electron chi connectivity index (χ1n) is 6.53. The van der Waals surface area contributed by atoms with E-state index in [0.29, 0.717) is 5.75 Å². The van der Waals surface area contributed by atoms with Gasteiger partial charge in [-0.2, -0.15) is 0 Å². The topological polar surface area (TPSA) is 29.5 Å². The Kier molecular flexibility index (Phi) is 5.26. The maximum atomic E-state index is 9.70. The third-order valence-electron chi connectivity index (χ3n) is 3.25. The molecule has 0 radical (unpaired) electrons. The molecule has 0 saturated carbocycles. The van der Waals surface area contributed by atoms with Crippen molar-refractivity contribution in [2.75, 3.05) is 7.11 Å². The van der Waals surface area contributed by atoms with Crippen LogP contribution >= 0.6 is 0 Å². The molecule has 18 heavy (non-hydrogen) atoms. The van der Waals surface area contributed by atoms with Crippen LogP contribution in [0.25, 0.3) is 0 Å². The molecule has 0 fully saturated rings.